The minimum atomic E-state index is -1.27. The molecule has 1 aromatic carbocycles. The number of nitrogens with zero attached hydrogens (tertiary/aromatic N) is 2. The summed E-state index contributed by atoms with van der Waals surface area (Å²) in [6.45, 7) is 9.40. The van der Waals surface area contributed by atoms with Gasteiger partial charge in [0.05, 0.1) is 36.8 Å². The number of benzene rings is 1. The fraction of sp³-hybridized carbons (Fsp3) is 0.659. The molecule has 0 radical (unpaired) electrons. The van der Waals surface area contributed by atoms with Crippen molar-refractivity contribution in [2.24, 2.45) is 23.7 Å². The van der Waals surface area contributed by atoms with Crippen molar-refractivity contribution in [2.75, 3.05) is 20.7 Å². The van der Waals surface area contributed by atoms with E-state index < -0.39 is 78.6 Å². The van der Waals surface area contributed by atoms with E-state index in [9.17, 15) is 29.9 Å². The number of esters is 1. The molecule has 0 aliphatic carbocycles. The number of hydrogen-bond donors (Lipinski definition) is 2. The first kappa shape index (κ1) is 43.2. The van der Waals surface area contributed by atoms with Gasteiger partial charge in [0, 0.05) is 24.9 Å². The van der Waals surface area contributed by atoms with Crippen LogP contribution in [0.25, 0.3) is 0 Å². The number of rotatable bonds is 12. The fourth-order valence-electron chi connectivity index (χ4n) is 7.27. The van der Waals surface area contributed by atoms with Crippen LogP contribution in [0.5, 0.6) is 0 Å². The van der Waals surface area contributed by atoms with Gasteiger partial charge in [-0.3, -0.25) is 9.59 Å². The van der Waals surface area contributed by atoms with E-state index in [0.29, 0.717) is 18.6 Å². The molecule has 1 saturated heterocycles. The molecule has 11 heteroatoms. The highest BCUT2D eigenvalue weighted by atomic mass is 16.7. The van der Waals surface area contributed by atoms with E-state index in [4.69, 9.17) is 18.9 Å². The quantitative estimate of drug-likeness (QED) is 0.170. The Morgan fingerprint density at radius 1 is 1.06 bits per heavy atom. The predicted molar refractivity (Wildman–Crippen MR) is 197 cm³/mol. The van der Waals surface area contributed by atoms with Crippen LogP contribution >= 0.6 is 0 Å². The topological polar surface area (TPSA) is 156 Å². The van der Waals surface area contributed by atoms with Gasteiger partial charge in [-0.1, -0.05) is 68.8 Å². The average molecular weight is 725 g/mol. The first-order chi connectivity index (χ1) is 24.8. The summed E-state index contributed by atoms with van der Waals surface area (Å²) in [6.07, 6.45) is 2.26. The maximum absolute atomic E-state index is 13.3. The molecule has 1 fully saturated rings. The summed E-state index contributed by atoms with van der Waals surface area (Å²) in [5.41, 5.74) is 1.93. The van der Waals surface area contributed by atoms with Crippen molar-refractivity contribution >= 4 is 18.0 Å². The lowest BCUT2D eigenvalue weighted by Crippen LogP contribution is -2.64. The Bertz CT molecular complexity index is 1380. The summed E-state index contributed by atoms with van der Waals surface area (Å²) in [4.78, 5) is 40.4. The van der Waals surface area contributed by atoms with Crippen molar-refractivity contribution in [1.82, 2.24) is 4.90 Å². The summed E-state index contributed by atoms with van der Waals surface area (Å²) >= 11 is 0. The predicted octanol–water partition coefficient (Wildman–Crippen LogP) is 4.98. The van der Waals surface area contributed by atoms with Gasteiger partial charge in [0.1, 0.15) is 30.5 Å². The summed E-state index contributed by atoms with van der Waals surface area (Å²) in [5.74, 6) is -3.44. The van der Waals surface area contributed by atoms with E-state index in [0.717, 1.165) is 25.5 Å². The third-order valence-corrected chi connectivity index (χ3v) is 10.4. The monoisotopic (exact) mass is 724 g/mol. The third kappa shape index (κ3) is 12.4. The van der Waals surface area contributed by atoms with E-state index in [1.165, 1.54) is 11.6 Å². The van der Waals surface area contributed by atoms with Crippen LogP contribution in [-0.4, -0.2) is 103 Å². The van der Waals surface area contributed by atoms with Crippen LogP contribution in [0.2, 0.25) is 0 Å². The minimum absolute atomic E-state index is 0.0123. The van der Waals surface area contributed by atoms with Gasteiger partial charge in [0.25, 0.3) is 0 Å². The molecule has 0 spiro atoms. The van der Waals surface area contributed by atoms with Crippen molar-refractivity contribution < 1.29 is 43.5 Å². The number of ketones is 1. The van der Waals surface area contributed by atoms with Crippen LogP contribution in [0, 0.1) is 35.0 Å². The lowest BCUT2D eigenvalue weighted by molar-refractivity contribution is -0.309. The third-order valence-electron chi connectivity index (χ3n) is 10.4. The highest BCUT2D eigenvalue weighted by molar-refractivity contribution is 5.91. The smallest absolute Gasteiger partial charge is 0.308 e. The lowest BCUT2D eigenvalue weighted by Gasteiger charge is -2.48. The minimum Gasteiger partial charge on any atom is -0.461 e. The number of aldehydes is 1. The number of likely N-dealkylation sites (N-methyl/N-ethyl adjacent to an activating group) is 1. The Balaban J connectivity index is 1.86. The number of aliphatic hydroxyl groups is 2. The first-order valence-corrected chi connectivity index (χ1v) is 18.7. The molecule has 0 unspecified atom stereocenters. The second-order valence-electron chi connectivity index (χ2n) is 14.7. The van der Waals surface area contributed by atoms with E-state index >= 15 is 0 Å². The van der Waals surface area contributed by atoms with Crippen LogP contribution in [0.1, 0.15) is 78.7 Å². The molecule has 52 heavy (non-hydrogen) atoms. The largest absolute Gasteiger partial charge is 0.461 e. The zero-order valence-electron chi connectivity index (χ0n) is 31.9. The first-order valence-electron chi connectivity index (χ1n) is 18.7. The molecule has 3 rings (SSSR count). The maximum atomic E-state index is 13.3. The van der Waals surface area contributed by atoms with Gasteiger partial charge in [0.15, 0.2) is 12.1 Å². The van der Waals surface area contributed by atoms with Crippen molar-refractivity contribution in [3.8, 4) is 6.07 Å². The van der Waals surface area contributed by atoms with E-state index in [-0.39, 0.29) is 25.0 Å². The van der Waals surface area contributed by atoms with Crippen LogP contribution in [0.15, 0.2) is 54.1 Å². The molecule has 1 aromatic rings. The molecular weight excluding hydrogens is 664 g/mol. The molecular formula is C41H60N2O9. The van der Waals surface area contributed by atoms with Crippen molar-refractivity contribution in [3.63, 3.8) is 0 Å². The fourth-order valence-corrected chi connectivity index (χ4v) is 7.27. The van der Waals surface area contributed by atoms with Gasteiger partial charge >= 0.3 is 5.97 Å². The summed E-state index contributed by atoms with van der Waals surface area (Å²) in [7, 11) is 3.71. The molecule has 288 valence electrons. The Labute approximate surface area is 309 Å². The molecule has 11 nitrogen and oxygen atoms in total. The highest BCUT2D eigenvalue weighted by Crippen LogP contribution is 2.35. The average Bonchev–Trinajstić information content (AvgIpc) is 3.11. The molecule has 2 heterocycles. The second kappa shape index (κ2) is 21.5. The van der Waals surface area contributed by atoms with Crippen LogP contribution in [0.3, 0.4) is 0 Å². The van der Waals surface area contributed by atoms with Crippen molar-refractivity contribution in [3.05, 3.63) is 59.7 Å². The molecule has 0 saturated carbocycles. The van der Waals surface area contributed by atoms with Gasteiger partial charge < -0.3 is 38.9 Å². The maximum Gasteiger partial charge on any atom is 0.308 e. The number of aryl methyl sites for hydroxylation is 1. The Morgan fingerprint density at radius 3 is 2.40 bits per heavy atom. The lowest BCUT2D eigenvalue weighted by atomic mass is 9.79. The van der Waals surface area contributed by atoms with Gasteiger partial charge in [-0.15, -0.1) is 0 Å². The number of carbonyl (C=O) groups is 3. The zero-order chi connectivity index (χ0) is 38.4. The molecule has 2 N–H and O–H groups in total. The molecule has 0 bridgehead atoms. The Kier molecular flexibility index (Phi) is 17.8. The van der Waals surface area contributed by atoms with Crippen molar-refractivity contribution in [2.45, 2.75) is 129 Å². The van der Waals surface area contributed by atoms with Crippen molar-refractivity contribution in [1.29, 1.82) is 5.26 Å². The highest BCUT2D eigenvalue weighted by Gasteiger charge is 2.48. The summed E-state index contributed by atoms with van der Waals surface area (Å²) in [5, 5.41) is 33.1. The molecule has 2 aliphatic rings. The molecule has 0 amide bonds. The zero-order valence-corrected chi connectivity index (χ0v) is 31.9. The van der Waals surface area contributed by atoms with E-state index in [1.54, 1.807) is 39.8 Å². The van der Waals surface area contributed by atoms with Gasteiger partial charge in [-0.2, -0.15) is 5.26 Å². The van der Waals surface area contributed by atoms with E-state index in [2.05, 4.69) is 18.2 Å². The number of unbranched alkanes of at least 4 members (excludes halogenated alkanes) is 1. The number of hydrogen-bond acceptors (Lipinski definition) is 11. The van der Waals surface area contributed by atoms with Crippen LogP contribution < -0.4 is 0 Å². The van der Waals surface area contributed by atoms with Crippen LogP contribution in [-0.2, 0) is 39.8 Å². The normalized spacial score (nSPS) is 35.6. The Morgan fingerprint density at radius 2 is 1.77 bits per heavy atom. The van der Waals surface area contributed by atoms with E-state index in [1.807, 2.05) is 44.1 Å². The molecule has 0 aromatic heterocycles. The summed E-state index contributed by atoms with van der Waals surface area (Å²) < 4.78 is 24.9. The number of aliphatic hydroxyl groups excluding tert-OH is 2. The number of cyclic esters (lactones) is 1. The second-order valence-corrected chi connectivity index (χ2v) is 14.7. The number of ether oxygens (including phenoxy) is 4. The summed E-state index contributed by atoms with van der Waals surface area (Å²) in [6, 6.07) is 11.9. The van der Waals surface area contributed by atoms with Crippen LogP contribution in [0.4, 0.5) is 0 Å². The SMILES string of the molecule is CC[C@H]1OC(=O)C[C@@H](O)[C@H](C)[C@@H](O[C@@H]2O[C@H](C)[C@@H](OCCCCc3ccccc3)[C@H](N(C)C)[C@H]2O)[C@@H](CC=O)C[C@@H](C)C(=O)/C=C/C(C)=C/[C@@H]1C#N. The number of nitriles is 1. The van der Waals surface area contributed by atoms with Gasteiger partial charge in [-0.25, -0.2) is 0 Å². The van der Waals surface area contributed by atoms with Gasteiger partial charge in [-0.05, 0) is 77.6 Å². The molecule has 12 atom stereocenters. The van der Waals surface area contributed by atoms with Gasteiger partial charge in [0.2, 0.25) is 0 Å². The Hall–Kier alpha value is -3.24. The standard InChI is InChI=1S/C41H60N2O9/c1-8-35-32(25-42)22-26(2)17-18-33(45)27(3)23-31(19-20-44)39(28(4)34(46)24-36(47)51-35)52-41-38(48)37(43(6)7)40(29(5)50-41)49-21-13-12-16-30-14-10-9-11-15-30/h9-11,14-15,17-18,20,22,27-29,31-32,34-35,37-41,46,48H,8,12-13,16,19,21,23-24H2,1-7H3/b18-17+,26-22+/t27-,28+,29-,31+,32-,34-,35-,37-,38-,39-,40-,41+/m1/s1. The molecule has 2 aliphatic heterocycles. The number of allylic oxidation sites excluding steroid dienone is 3. The number of carbonyl (C=O) groups excluding carboxylic acids is 3.